The minimum atomic E-state index is -2.60. The molecule has 0 aliphatic heterocycles. The average Bonchev–Trinajstić information content (AvgIpc) is 2.63. The van der Waals surface area contributed by atoms with Gasteiger partial charge in [-0.25, -0.2) is 0 Å². The molecule has 130 valence electrons. The van der Waals surface area contributed by atoms with E-state index >= 15 is 0 Å². The van der Waals surface area contributed by atoms with E-state index in [0.29, 0.717) is 5.75 Å². The van der Waals surface area contributed by atoms with Crippen LogP contribution in [-0.2, 0) is 9.93 Å². The smallest absolute Gasteiger partial charge is 0.127 e. The first kappa shape index (κ1) is 17.2. The largest absolute Gasteiger partial charge is 0.497 e. The zero-order chi connectivity index (χ0) is 17.9. The molecular formula is C21H22O3S. The van der Waals surface area contributed by atoms with Crippen LogP contribution in [0.2, 0.25) is 0 Å². The molecule has 3 aromatic rings. The molecule has 0 fully saturated rings. The second kappa shape index (κ2) is 7.11. The number of hydrogen-bond donors (Lipinski definition) is 1. The van der Waals surface area contributed by atoms with Crippen molar-refractivity contribution in [3.05, 3.63) is 78.4 Å². The summed E-state index contributed by atoms with van der Waals surface area (Å²) in [6, 6.07) is 22.7. The fraction of sp³-hybridized carbons (Fsp3) is 0.143. The molecule has 0 atom stereocenters. The molecule has 0 saturated heterocycles. The molecule has 0 amide bonds. The van der Waals surface area contributed by atoms with Crippen LogP contribution in [0.5, 0.6) is 17.2 Å². The Morgan fingerprint density at radius 2 is 1.08 bits per heavy atom. The van der Waals surface area contributed by atoms with Gasteiger partial charge in [-0.2, -0.15) is 0 Å². The van der Waals surface area contributed by atoms with Gasteiger partial charge in [-0.05, 0) is 73.8 Å². The Labute approximate surface area is 149 Å². The van der Waals surface area contributed by atoms with Gasteiger partial charge in [-0.3, -0.25) is 4.21 Å². The number of methoxy groups -OCH3 is 1. The summed E-state index contributed by atoms with van der Waals surface area (Å²) in [5.41, 5.74) is 1.16. The zero-order valence-electron chi connectivity index (χ0n) is 14.6. The second-order valence-corrected chi connectivity index (χ2v) is 8.91. The van der Waals surface area contributed by atoms with Crippen molar-refractivity contribution in [1.82, 2.24) is 0 Å². The van der Waals surface area contributed by atoms with Crippen molar-refractivity contribution in [2.75, 3.05) is 13.4 Å². The number of thiol groups is 1. The summed E-state index contributed by atoms with van der Waals surface area (Å²) in [7, 11) is -0.972. The summed E-state index contributed by atoms with van der Waals surface area (Å²) in [6.45, 7) is 2.02. The molecule has 0 aromatic heterocycles. The standard InChI is InChI=1S/C21H22O3S/c1-16-4-12-20(13-5-16)25(3,22)21-14-10-19(11-15-21)24-18-8-6-17(23-2)7-9-18/h4-15,25H,1-3H3. The van der Waals surface area contributed by atoms with Crippen LogP contribution in [0.1, 0.15) is 5.56 Å². The summed E-state index contributed by atoms with van der Waals surface area (Å²) in [5, 5.41) is 0. The van der Waals surface area contributed by atoms with Crippen molar-refractivity contribution in [3.63, 3.8) is 0 Å². The van der Waals surface area contributed by atoms with Gasteiger partial charge in [0.1, 0.15) is 17.2 Å². The molecule has 0 aliphatic carbocycles. The van der Waals surface area contributed by atoms with Gasteiger partial charge in [-0.1, -0.05) is 27.6 Å². The first-order valence-corrected chi connectivity index (χ1v) is 10.2. The predicted octanol–water partition coefficient (Wildman–Crippen LogP) is 4.86. The van der Waals surface area contributed by atoms with E-state index in [2.05, 4.69) is 0 Å². The molecule has 3 nitrogen and oxygen atoms in total. The third kappa shape index (κ3) is 3.91. The van der Waals surface area contributed by atoms with Crippen molar-refractivity contribution in [2.45, 2.75) is 16.7 Å². The van der Waals surface area contributed by atoms with Crippen molar-refractivity contribution in [1.29, 1.82) is 0 Å². The fourth-order valence-electron chi connectivity index (χ4n) is 2.56. The maximum atomic E-state index is 13.2. The molecule has 4 heteroatoms. The summed E-state index contributed by atoms with van der Waals surface area (Å²) in [6.07, 6.45) is 1.80. The third-order valence-corrected chi connectivity index (χ3v) is 6.72. The van der Waals surface area contributed by atoms with Gasteiger partial charge in [0.15, 0.2) is 0 Å². The van der Waals surface area contributed by atoms with Crippen molar-refractivity contribution < 1.29 is 13.7 Å². The van der Waals surface area contributed by atoms with E-state index in [1.165, 1.54) is 0 Å². The van der Waals surface area contributed by atoms with Gasteiger partial charge in [0, 0.05) is 9.79 Å². The Morgan fingerprint density at radius 1 is 0.680 bits per heavy atom. The predicted molar refractivity (Wildman–Crippen MR) is 103 cm³/mol. The van der Waals surface area contributed by atoms with Gasteiger partial charge in [0.2, 0.25) is 0 Å². The topological polar surface area (TPSA) is 35.5 Å². The van der Waals surface area contributed by atoms with Crippen LogP contribution >= 0.6 is 0 Å². The van der Waals surface area contributed by atoms with Gasteiger partial charge >= 0.3 is 0 Å². The monoisotopic (exact) mass is 354 g/mol. The minimum absolute atomic E-state index is 0.706. The lowest BCUT2D eigenvalue weighted by atomic mass is 10.2. The van der Waals surface area contributed by atoms with E-state index in [4.69, 9.17) is 9.47 Å². The highest BCUT2D eigenvalue weighted by Crippen LogP contribution is 2.29. The van der Waals surface area contributed by atoms with Gasteiger partial charge in [0.25, 0.3) is 0 Å². The lowest BCUT2D eigenvalue weighted by molar-refractivity contribution is 0.413. The molecule has 0 saturated carbocycles. The average molecular weight is 354 g/mol. The SMILES string of the molecule is COc1ccc(Oc2ccc([SH](C)(=O)c3ccc(C)cc3)cc2)cc1. The third-order valence-electron chi connectivity index (χ3n) is 4.15. The van der Waals surface area contributed by atoms with Crippen LogP contribution < -0.4 is 9.47 Å². The molecule has 0 N–H and O–H groups in total. The number of benzene rings is 3. The number of rotatable bonds is 5. The van der Waals surface area contributed by atoms with Crippen LogP contribution in [-0.4, -0.2) is 17.6 Å². The Balaban J connectivity index is 1.79. The van der Waals surface area contributed by atoms with Gasteiger partial charge in [0.05, 0.1) is 7.11 Å². The molecule has 0 unspecified atom stereocenters. The molecule has 3 aromatic carbocycles. The lowest BCUT2D eigenvalue weighted by Gasteiger charge is -2.20. The molecule has 3 rings (SSSR count). The summed E-state index contributed by atoms with van der Waals surface area (Å²) in [4.78, 5) is 1.68. The molecule has 0 heterocycles. The summed E-state index contributed by atoms with van der Waals surface area (Å²) < 4.78 is 24.2. The van der Waals surface area contributed by atoms with Gasteiger partial charge < -0.3 is 9.47 Å². The van der Waals surface area contributed by atoms with E-state index < -0.39 is 9.93 Å². The first-order valence-electron chi connectivity index (χ1n) is 8.06. The number of hydrogen-bond acceptors (Lipinski definition) is 3. The number of aryl methyl sites for hydroxylation is 1. The van der Waals surface area contributed by atoms with Crippen molar-refractivity contribution in [2.24, 2.45) is 0 Å². The molecular weight excluding hydrogens is 332 g/mol. The fourth-order valence-corrected chi connectivity index (χ4v) is 4.29. The van der Waals surface area contributed by atoms with Crippen molar-refractivity contribution >= 4 is 9.93 Å². The molecule has 0 aliphatic rings. The Kier molecular flexibility index (Phi) is 4.91. The summed E-state index contributed by atoms with van der Waals surface area (Å²) in [5.74, 6) is 2.22. The van der Waals surface area contributed by atoms with Crippen LogP contribution in [0.15, 0.2) is 82.6 Å². The Hall–Kier alpha value is -2.59. The molecule has 0 bridgehead atoms. The number of ether oxygens (including phenoxy) is 2. The highest BCUT2D eigenvalue weighted by atomic mass is 32.2. The Morgan fingerprint density at radius 3 is 1.56 bits per heavy atom. The highest BCUT2D eigenvalue weighted by Gasteiger charge is 2.15. The van der Waals surface area contributed by atoms with Crippen LogP contribution in [0, 0.1) is 6.92 Å². The first-order chi connectivity index (χ1) is 12.0. The highest BCUT2D eigenvalue weighted by molar-refractivity contribution is 8.02. The van der Waals surface area contributed by atoms with Crippen molar-refractivity contribution in [3.8, 4) is 17.2 Å². The molecule has 0 spiro atoms. The van der Waals surface area contributed by atoms with Crippen LogP contribution in [0.25, 0.3) is 0 Å². The van der Waals surface area contributed by atoms with E-state index in [9.17, 15) is 4.21 Å². The van der Waals surface area contributed by atoms with Crippen LogP contribution in [0.3, 0.4) is 0 Å². The van der Waals surface area contributed by atoms with E-state index in [1.807, 2.05) is 79.7 Å². The second-order valence-electron chi connectivity index (χ2n) is 6.03. The quantitative estimate of drug-likeness (QED) is 0.665. The Bertz CT molecular complexity index is 882. The minimum Gasteiger partial charge on any atom is -0.497 e. The van der Waals surface area contributed by atoms with Crippen LogP contribution in [0.4, 0.5) is 0 Å². The summed E-state index contributed by atoms with van der Waals surface area (Å²) >= 11 is 0. The maximum Gasteiger partial charge on any atom is 0.127 e. The van der Waals surface area contributed by atoms with Gasteiger partial charge in [-0.15, -0.1) is 0 Å². The normalized spacial score (nSPS) is 11.8. The van der Waals surface area contributed by atoms with E-state index in [-0.39, 0.29) is 0 Å². The van der Waals surface area contributed by atoms with E-state index in [1.54, 1.807) is 13.4 Å². The molecule has 25 heavy (non-hydrogen) atoms. The zero-order valence-corrected chi connectivity index (χ0v) is 15.5. The van der Waals surface area contributed by atoms with E-state index in [0.717, 1.165) is 26.9 Å². The lowest BCUT2D eigenvalue weighted by Crippen LogP contribution is -2.10. The molecule has 0 radical (unpaired) electrons. The maximum absolute atomic E-state index is 13.2.